The number of nitrogens with zero attached hydrogens (tertiary/aromatic N) is 5. The molecule has 0 spiro atoms. The van der Waals surface area contributed by atoms with Gasteiger partial charge in [0.15, 0.2) is 5.65 Å². The van der Waals surface area contributed by atoms with Gasteiger partial charge in [-0.15, -0.1) is 5.10 Å². The van der Waals surface area contributed by atoms with Crippen molar-refractivity contribution >= 4 is 17.1 Å². The van der Waals surface area contributed by atoms with Crippen LogP contribution in [0.4, 0.5) is 0 Å². The molecule has 2 aromatic heterocycles. The minimum atomic E-state index is -0.0603. The van der Waals surface area contributed by atoms with Crippen molar-refractivity contribution in [2.24, 2.45) is 0 Å². The number of hydrogen-bond donors (Lipinski definition) is 1. The van der Waals surface area contributed by atoms with Crippen molar-refractivity contribution in [2.75, 3.05) is 19.6 Å². The minimum Gasteiger partial charge on any atom is -0.352 e. The van der Waals surface area contributed by atoms with Crippen molar-refractivity contribution in [1.29, 1.82) is 0 Å². The molecule has 1 aliphatic heterocycles. The Labute approximate surface area is 171 Å². The van der Waals surface area contributed by atoms with Crippen LogP contribution in [-0.2, 0) is 0 Å². The lowest BCUT2D eigenvalue weighted by Gasteiger charge is -2.35. The van der Waals surface area contributed by atoms with Gasteiger partial charge in [0.2, 0.25) is 0 Å². The molecule has 152 valence electrons. The summed E-state index contributed by atoms with van der Waals surface area (Å²) in [6.45, 7) is 5.19. The molecule has 7 heteroatoms. The molecule has 29 heavy (non-hydrogen) atoms. The first kappa shape index (κ1) is 19.5. The molecular weight excluding hydrogens is 364 g/mol. The average molecular weight is 393 g/mol. The maximum absolute atomic E-state index is 12.6. The molecule has 3 aromatic rings. The Morgan fingerprint density at radius 1 is 1.24 bits per heavy atom. The van der Waals surface area contributed by atoms with Gasteiger partial charge in [-0.3, -0.25) is 4.79 Å². The molecule has 4 rings (SSSR count). The number of rotatable bonds is 7. The number of hydrogen-bond acceptors (Lipinski definition) is 5. The Bertz CT molecular complexity index is 969. The van der Waals surface area contributed by atoms with Crippen molar-refractivity contribution < 1.29 is 4.79 Å². The van der Waals surface area contributed by atoms with Crippen LogP contribution >= 0.6 is 0 Å². The van der Waals surface area contributed by atoms with Crippen LogP contribution in [0.5, 0.6) is 0 Å². The molecule has 1 fully saturated rings. The predicted octanol–water partition coefficient (Wildman–Crippen LogP) is 3.20. The van der Waals surface area contributed by atoms with Gasteiger partial charge in [0.1, 0.15) is 5.52 Å². The van der Waals surface area contributed by atoms with E-state index in [9.17, 15) is 4.79 Å². The smallest absolute Gasteiger partial charge is 0.251 e. The van der Waals surface area contributed by atoms with Crippen LogP contribution in [0.25, 0.3) is 16.9 Å². The van der Waals surface area contributed by atoms with Crippen LogP contribution in [0.15, 0.2) is 42.6 Å². The normalized spacial score (nSPS) is 17.5. The summed E-state index contributed by atoms with van der Waals surface area (Å²) >= 11 is 0. The predicted molar refractivity (Wildman–Crippen MR) is 113 cm³/mol. The van der Waals surface area contributed by atoms with Crippen molar-refractivity contribution in [1.82, 2.24) is 30.2 Å². The molecule has 1 atom stereocenters. The molecule has 1 N–H and O–H groups in total. The van der Waals surface area contributed by atoms with E-state index in [-0.39, 0.29) is 5.91 Å². The molecule has 0 bridgehead atoms. The second kappa shape index (κ2) is 9.13. The fourth-order valence-corrected chi connectivity index (χ4v) is 4.12. The fourth-order valence-electron chi connectivity index (χ4n) is 4.12. The fraction of sp³-hybridized carbons (Fsp3) is 0.455. The van der Waals surface area contributed by atoms with Gasteiger partial charge in [0.05, 0.1) is 5.69 Å². The molecule has 1 amide bonds. The first-order valence-corrected chi connectivity index (χ1v) is 10.6. The first-order chi connectivity index (χ1) is 14.3. The van der Waals surface area contributed by atoms with Crippen LogP contribution in [0, 0.1) is 0 Å². The highest BCUT2D eigenvalue weighted by Crippen LogP contribution is 2.19. The van der Waals surface area contributed by atoms with E-state index < -0.39 is 0 Å². The van der Waals surface area contributed by atoms with Gasteiger partial charge >= 0.3 is 0 Å². The summed E-state index contributed by atoms with van der Waals surface area (Å²) < 4.78 is 1.66. The van der Waals surface area contributed by atoms with Gasteiger partial charge in [-0.05, 0) is 62.6 Å². The molecule has 3 heterocycles. The van der Waals surface area contributed by atoms with Crippen LogP contribution in [0.2, 0.25) is 0 Å². The maximum atomic E-state index is 12.6. The number of amides is 1. The SMILES string of the molecule is CCC1CCCCN1CCCNC(=O)c1cccc(-n2nnc3cccnc32)c1. The third-order valence-electron chi connectivity index (χ3n) is 5.69. The van der Waals surface area contributed by atoms with E-state index in [0.717, 1.165) is 24.2 Å². The highest BCUT2D eigenvalue weighted by molar-refractivity contribution is 5.94. The standard InChI is InChI=1S/C22H28N6O/c1-2-18-9-3-4-14-27(18)15-7-13-24-22(29)17-8-5-10-19(16-17)28-21-20(25-26-28)11-6-12-23-21/h5-6,8,10-12,16,18H,2-4,7,9,13-15H2,1H3,(H,24,29). The Hall–Kier alpha value is -2.80. The van der Waals surface area contributed by atoms with E-state index >= 15 is 0 Å². The summed E-state index contributed by atoms with van der Waals surface area (Å²) in [5.74, 6) is -0.0603. The quantitative estimate of drug-likeness (QED) is 0.625. The van der Waals surface area contributed by atoms with E-state index in [0.29, 0.717) is 23.8 Å². The number of carbonyl (C=O) groups is 1. The van der Waals surface area contributed by atoms with E-state index in [2.05, 4.69) is 32.4 Å². The van der Waals surface area contributed by atoms with Crippen LogP contribution in [-0.4, -0.2) is 56.5 Å². The number of likely N-dealkylation sites (tertiary alicyclic amines) is 1. The molecular formula is C22H28N6O. The van der Waals surface area contributed by atoms with Gasteiger partial charge in [-0.1, -0.05) is 24.6 Å². The number of nitrogens with one attached hydrogen (secondary N) is 1. The lowest BCUT2D eigenvalue weighted by Crippen LogP contribution is -2.40. The number of benzene rings is 1. The summed E-state index contributed by atoms with van der Waals surface area (Å²) in [6.07, 6.45) is 7.84. The summed E-state index contributed by atoms with van der Waals surface area (Å²) in [6, 6.07) is 11.8. The third-order valence-corrected chi connectivity index (χ3v) is 5.69. The Morgan fingerprint density at radius 3 is 3.07 bits per heavy atom. The zero-order valence-corrected chi connectivity index (χ0v) is 16.9. The monoisotopic (exact) mass is 392 g/mol. The lowest BCUT2D eigenvalue weighted by molar-refractivity contribution is 0.0947. The van der Waals surface area contributed by atoms with Crippen molar-refractivity contribution in [3.05, 3.63) is 48.2 Å². The summed E-state index contributed by atoms with van der Waals surface area (Å²) in [7, 11) is 0. The molecule has 0 aliphatic carbocycles. The van der Waals surface area contributed by atoms with Gasteiger partial charge in [0.25, 0.3) is 5.91 Å². The lowest BCUT2D eigenvalue weighted by atomic mass is 10.00. The molecule has 1 unspecified atom stereocenters. The Balaban J connectivity index is 1.35. The summed E-state index contributed by atoms with van der Waals surface area (Å²) in [5, 5.41) is 11.4. The molecule has 0 saturated carbocycles. The van der Waals surface area contributed by atoms with Gasteiger partial charge in [-0.2, -0.15) is 4.68 Å². The van der Waals surface area contributed by atoms with Gasteiger partial charge in [-0.25, -0.2) is 4.98 Å². The topological polar surface area (TPSA) is 75.9 Å². The highest BCUT2D eigenvalue weighted by Gasteiger charge is 2.20. The van der Waals surface area contributed by atoms with Gasteiger partial charge in [0, 0.05) is 30.9 Å². The van der Waals surface area contributed by atoms with Crippen molar-refractivity contribution in [3.63, 3.8) is 0 Å². The van der Waals surface area contributed by atoms with Gasteiger partial charge < -0.3 is 10.2 Å². The van der Waals surface area contributed by atoms with E-state index in [1.807, 2.05) is 36.4 Å². The Kier molecular flexibility index (Phi) is 6.14. The number of fused-ring (bicyclic) bond motifs is 1. The number of aromatic nitrogens is 4. The molecule has 1 saturated heterocycles. The highest BCUT2D eigenvalue weighted by atomic mass is 16.1. The van der Waals surface area contributed by atoms with E-state index in [4.69, 9.17) is 0 Å². The van der Waals surface area contributed by atoms with Crippen LogP contribution in [0.1, 0.15) is 49.4 Å². The third kappa shape index (κ3) is 4.45. The van der Waals surface area contributed by atoms with Crippen molar-refractivity contribution in [3.8, 4) is 5.69 Å². The number of pyridine rings is 1. The minimum absolute atomic E-state index is 0.0603. The van der Waals surface area contributed by atoms with Crippen LogP contribution < -0.4 is 5.32 Å². The van der Waals surface area contributed by atoms with E-state index in [1.165, 1.54) is 32.2 Å². The molecule has 7 nitrogen and oxygen atoms in total. The second-order valence-electron chi connectivity index (χ2n) is 7.60. The first-order valence-electron chi connectivity index (χ1n) is 10.6. The van der Waals surface area contributed by atoms with Crippen LogP contribution in [0.3, 0.4) is 0 Å². The summed E-state index contributed by atoms with van der Waals surface area (Å²) in [5.41, 5.74) is 2.80. The maximum Gasteiger partial charge on any atom is 0.251 e. The van der Waals surface area contributed by atoms with Crippen molar-refractivity contribution in [2.45, 2.75) is 45.1 Å². The average Bonchev–Trinajstić information content (AvgIpc) is 3.21. The zero-order valence-electron chi connectivity index (χ0n) is 16.9. The second-order valence-corrected chi connectivity index (χ2v) is 7.60. The number of carbonyl (C=O) groups excluding carboxylic acids is 1. The zero-order chi connectivity index (χ0) is 20.1. The Morgan fingerprint density at radius 2 is 2.17 bits per heavy atom. The number of piperidine rings is 1. The van der Waals surface area contributed by atoms with E-state index in [1.54, 1.807) is 10.9 Å². The molecule has 0 radical (unpaired) electrons. The molecule has 1 aromatic carbocycles. The largest absolute Gasteiger partial charge is 0.352 e. The molecule has 1 aliphatic rings. The summed E-state index contributed by atoms with van der Waals surface area (Å²) in [4.78, 5) is 19.5.